The van der Waals surface area contributed by atoms with Crippen LogP contribution in [0.3, 0.4) is 0 Å². The molecule has 32 heavy (non-hydrogen) atoms. The van der Waals surface area contributed by atoms with Gasteiger partial charge in [0.25, 0.3) is 5.91 Å². The molecule has 0 aromatic heterocycles. The molecule has 0 saturated carbocycles. The fraction of sp³-hybridized carbons (Fsp3) is 0.381. The van der Waals surface area contributed by atoms with Gasteiger partial charge in [-0.25, -0.2) is 21.6 Å². The number of aryl methyl sites for hydroxylation is 1. The van der Waals surface area contributed by atoms with Gasteiger partial charge in [-0.15, -0.1) is 0 Å². The van der Waals surface area contributed by atoms with Gasteiger partial charge in [0.15, 0.2) is 0 Å². The number of amides is 1. The summed E-state index contributed by atoms with van der Waals surface area (Å²) in [6.07, 6.45) is 0. The van der Waals surface area contributed by atoms with E-state index in [1.54, 1.807) is 13.0 Å². The van der Waals surface area contributed by atoms with Crippen LogP contribution >= 0.6 is 0 Å². The third-order valence-electron chi connectivity index (χ3n) is 5.06. The quantitative estimate of drug-likeness (QED) is 0.548. The van der Waals surface area contributed by atoms with E-state index in [9.17, 15) is 21.6 Å². The van der Waals surface area contributed by atoms with Crippen LogP contribution < -0.4 is 10.0 Å². The van der Waals surface area contributed by atoms with E-state index in [1.165, 1.54) is 16.4 Å². The standard InChI is InChI=1S/C21H27N3O6S2/c1-17-7-8-19(15-20(17)32(28,29)23-16-18-5-3-2-4-6-18)21(25)22-9-14-31(26,27)24-10-12-30-13-11-24/h2-8,15,23H,9-14,16H2,1H3,(H,22,25). The highest BCUT2D eigenvalue weighted by atomic mass is 32.2. The largest absolute Gasteiger partial charge is 0.379 e. The Hall–Kier alpha value is -2.31. The van der Waals surface area contributed by atoms with Gasteiger partial charge in [0, 0.05) is 31.7 Å². The topological polar surface area (TPSA) is 122 Å². The zero-order valence-electron chi connectivity index (χ0n) is 17.8. The van der Waals surface area contributed by atoms with E-state index in [0.717, 1.165) is 5.56 Å². The first kappa shape index (κ1) is 24.3. The van der Waals surface area contributed by atoms with Crippen LogP contribution in [0.25, 0.3) is 0 Å². The summed E-state index contributed by atoms with van der Waals surface area (Å²) in [5.41, 5.74) is 1.44. The van der Waals surface area contributed by atoms with Crippen molar-refractivity contribution >= 4 is 26.0 Å². The lowest BCUT2D eigenvalue weighted by Crippen LogP contribution is -2.43. The number of benzene rings is 2. The molecule has 2 aromatic rings. The summed E-state index contributed by atoms with van der Waals surface area (Å²) in [4.78, 5) is 12.5. The van der Waals surface area contributed by atoms with Crippen LogP contribution in [0.4, 0.5) is 0 Å². The second-order valence-corrected chi connectivity index (χ2v) is 11.2. The van der Waals surface area contributed by atoms with E-state index in [-0.39, 0.29) is 29.3 Å². The molecule has 0 spiro atoms. The van der Waals surface area contributed by atoms with Crippen LogP contribution in [-0.4, -0.2) is 65.6 Å². The van der Waals surface area contributed by atoms with Gasteiger partial charge in [0.05, 0.1) is 23.9 Å². The van der Waals surface area contributed by atoms with Gasteiger partial charge in [0.2, 0.25) is 20.0 Å². The molecule has 1 saturated heterocycles. The highest BCUT2D eigenvalue weighted by molar-refractivity contribution is 7.89. The normalized spacial score (nSPS) is 15.4. The number of carbonyl (C=O) groups excluding carboxylic acids is 1. The third-order valence-corrected chi connectivity index (χ3v) is 8.47. The Kier molecular flexibility index (Phi) is 8.01. The molecule has 0 unspecified atom stereocenters. The SMILES string of the molecule is Cc1ccc(C(=O)NCCS(=O)(=O)N2CCOCC2)cc1S(=O)(=O)NCc1ccccc1. The van der Waals surface area contributed by atoms with Gasteiger partial charge < -0.3 is 10.1 Å². The maximum Gasteiger partial charge on any atom is 0.251 e. The fourth-order valence-corrected chi connectivity index (χ4v) is 5.84. The minimum Gasteiger partial charge on any atom is -0.379 e. The molecular formula is C21H27N3O6S2. The van der Waals surface area contributed by atoms with Gasteiger partial charge in [-0.2, -0.15) is 4.31 Å². The fourth-order valence-electron chi connectivity index (χ4n) is 3.23. The van der Waals surface area contributed by atoms with E-state index in [2.05, 4.69) is 10.0 Å². The predicted octanol–water partition coefficient (Wildman–Crippen LogP) is 0.865. The molecule has 9 nitrogen and oxygen atoms in total. The highest BCUT2D eigenvalue weighted by Crippen LogP contribution is 2.18. The van der Waals surface area contributed by atoms with Gasteiger partial charge in [-0.1, -0.05) is 36.4 Å². The van der Waals surface area contributed by atoms with Crippen LogP contribution in [0, 0.1) is 6.92 Å². The molecule has 1 aliphatic rings. The number of morpholine rings is 1. The Bertz CT molecular complexity index is 1150. The highest BCUT2D eigenvalue weighted by Gasteiger charge is 2.24. The molecule has 1 aliphatic heterocycles. The molecule has 0 bridgehead atoms. The van der Waals surface area contributed by atoms with Crippen LogP contribution in [0.5, 0.6) is 0 Å². The van der Waals surface area contributed by atoms with Crippen molar-refractivity contribution in [2.75, 3.05) is 38.6 Å². The molecule has 1 amide bonds. The lowest BCUT2D eigenvalue weighted by molar-refractivity contribution is 0.0730. The number of hydrogen-bond acceptors (Lipinski definition) is 6. The number of ether oxygens (including phenoxy) is 1. The maximum atomic E-state index is 12.8. The van der Waals surface area contributed by atoms with E-state index in [4.69, 9.17) is 4.74 Å². The summed E-state index contributed by atoms with van der Waals surface area (Å²) < 4.78 is 59.3. The van der Waals surface area contributed by atoms with Crippen molar-refractivity contribution < 1.29 is 26.4 Å². The summed E-state index contributed by atoms with van der Waals surface area (Å²) in [5.74, 6) is -0.782. The number of nitrogens with one attached hydrogen (secondary N) is 2. The summed E-state index contributed by atoms with van der Waals surface area (Å²) in [6, 6.07) is 13.5. The van der Waals surface area contributed by atoms with Crippen molar-refractivity contribution in [1.29, 1.82) is 0 Å². The Balaban J connectivity index is 1.63. The van der Waals surface area contributed by atoms with E-state index >= 15 is 0 Å². The van der Waals surface area contributed by atoms with Crippen LogP contribution in [0.1, 0.15) is 21.5 Å². The predicted molar refractivity (Wildman–Crippen MR) is 120 cm³/mol. The van der Waals surface area contributed by atoms with Gasteiger partial charge in [-0.3, -0.25) is 4.79 Å². The molecule has 0 atom stereocenters. The zero-order valence-corrected chi connectivity index (χ0v) is 19.4. The van der Waals surface area contributed by atoms with Gasteiger partial charge >= 0.3 is 0 Å². The van der Waals surface area contributed by atoms with Gasteiger partial charge in [0.1, 0.15) is 0 Å². The number of rotatable bonds is 9. The monoisotopic (exact) mass is 481 g/mol. The molecule has 0 radical (unpaired) electrons. The Morgan fingerprint density at radius 1 is 1.03 bits per heavy atom. The lowest BCUT2D eigenvalue weighted by atomic mass is 10.1. The molecule has 2 N–H and O–H groups in total. The third kappa shape index (κ3) is 6.36. The Labute approximate surface area is 188 Å². The number of sulfonamides is 2. The van der Waals surface area contributed by atoms with Crippen molar-refractivity contribution in [3.05, 3.63) is 65.2 Å². The molecule has 11 heteroatoms. The van der Waals surface area contributed by atoms with Crippen molar-refractivity contribution in [2.24, 2.45) is 0 Å². The van der Waals surface area contributed by atoms with Crippen molar-refractivity contribution in [3.8, 4) is 0 Å². The van der Waals surface area contributed by atoms with E-state index in [0.29, 0.717) is 31.9 Å². The van der Waals surface area contributed by atoms with Crippen molar-refractivity contribution in [3.63, 3.8) is 0 Å². The summed E-state index contributed by atoms with van der Waals surface area (Å²) in [5, 5.41) is 2.56. The minimum atomic E-state index is -3.85. The Morgan fingerprint density at radius 2 is 1.72 bits per heavy atom. The maximum absolute atomic E-state index is 12.8. The second-order valence-electron chi connectivity index (χ2n) is 7.37. The molecular weight excluding hydrogens is 454 g/mol. The van der Waals surface area contributed by atoms with Crippen molar-refractivity contribution in [2.45, 2.75) is 18.4 Å². The minimum absolute atomic E-state index is 0.00187. The molecule has 0 aliphatic carbocycles. The average Bonchev–Trinajstić information content (AvgIpc) is 2.79. The molecule has 1 fully saturated rings. The van der Waals surface area contributed by atoms with Crippen LogP contribution in [0.15, 0.2) is 53.4 Å². The van der Waals surface area contributed by atoms with Crippen LogP contribution in [0.2, 0.25) is 0 Å². The molecule has 1 heterocycles. The zero-order chi connectivity index (χ0) is 23.2. The first-order chi connectivity index (χ1) is 15.2. The van der Waals surface area contributed by atoms with Crippen molar-refractivity contribution in [1.82, 2.24) is 14.3 Å². The molecule has 3 rings (SSSR count). The van der Waals surface area contributed by atoms with E-state index in [1.807, 2.05) is 30.3 Å². The molecule has 2 aromatic carbocycles. The lowest BCUT2D eigenvalue weighted by Gasteiger charge is -2.26. The number of carbonyl (C=O) groups is 1. The first-order valence-electron chi connectivity index (χ1n) is 10.2. The Morgan fingerprint density at radius 3 is 2.41 bits per heavy atom. The van der Waals surface area contributed by atoms with Gasteiger partial charge in [-0.05, 0) is 30.2 Å². The second kappa shape index (κ2) is 10.5. The smallest absolute Gasteiger partial charge is 0.251 e. The average molecular weight is 482 g/mol. The number of hydrogen-bond donors (Lipinski definition) is 2. The van der Waals surface area contributed by atoms with Crippen LogP contribution in [-0.2, 0) is 31.3 Å². The number of nitrogens with zero attached hydrogens (tertiary/aromatic N) is 1. The van der Waals surface area contributed by atoms with E-state index < -0.39 is 26.0 Å². The summed E-state index contributed by atoms with van der Waals surface area (Å²) in [6.45, 7) is 2.98. The summed E-state index contributed by atoms with van der Waals surface area (Å²) >= 11 is 0. The first-order valence-corrected chi connectivity index (χ1v) is 13.3. The summed E-state index contributed by atoms with van der Waals surface area (Å²) in [7, 11) is -7.35. The molecule has 174 valence electrons.